The van der Waals surface area contributed by atoms with Gasteiger partial charge in [0.05, 0.1) is 11.9 Å². The summed E-state index contributed by atoms with van der Waals surface area (Å²) in [6, 6.07) is 9.96. The molecule has 0 fully saturated rings. The molecule has 2 heterocycles. The Morgan fingerprint density at radius 3 is 2.60 bits per heavy atom. The fourth-order valence-electron chi connectivity index (χ4n) is 2.61. The third-order valence-corrected chi connectivity index (χ3v) is 3.95. The summed E-state index contributed by atoms with van der Waals surface area (Å²) in [6.07, 6.45) is 7.62. The average molecular weight is 337 g/mol. The van der Waals surface area contributed by atoms with E-state index in [1.54, 1.807) is 18.5 Å². The molecule has 0 radical (unpaired) electrons. The summed E-state index contributed by atoms with van der Waals surface area (Å²) in [6.45, 7) is 4.17. The summed E-state index contributed by atoms with van der Waals surface area (Å²) in [5.41, 5.74) is 3.32. The lowest BCUT2D eigenvalue weighted by Crippen LogP contribution is -2.19. The van der Waals surface area contributed by atoms with Gasteiger partial charge < -0.3 is 9.64 Å². The van der Waals surface area contributed by atoms with Crippen molar-refractivity contribution in [2.24, 2.45) is 0 Å². The minimum atomic E-state index is 0.343. The molecule has 2 aromatic heterocycles. The Bertz CT molecular complexity index is 770. The number of hydrogen-bond acceptors (Lipinski definition) is 5. The lowest BCUT2D eigenvalue weighted by molar-refractivity contribution is 0.321. The van der Waals surface area contributed by atoms with E-state index >= 15 is 0 Å². The zero-order valence-corrected chi connectivity index (χ0v) is 14.6. The van der Waals surface area contributed by atoms with Gasteiger partial charge in [-0.15, -0.1) is 0 Å². The van der Waals surface area contributed by atoms with Crippen LogP contribution in [-0.2, 0) is 6.54 Å². The molecule has 0 amide bonds. The van der Waals surface area contributed by atoms with Crippen molar-refractivity contribution in [1.82, 2.24) is 25.1 Å². The van der Waals surface area contributed by atoms with Crippen molar-refractivity contribution in [3.63, 3.8) is 0 Å². The monoisotopic (exact) mass is 337 g/mol. The molecular formula is C19H23N5O. The Labute approximate surface area is 147 Å². The van der Waals surface area contributed by atoms with E-state index in [4.69, 9.17) is 4.74 Å². The molecule has 6 nitrogen and oxygen atoms in total. The Morgan fingerprint density at radius 2 is 1.88 bits per heavy atom. The highest BCUT2D eigenvalue weighted by atomic mass is 16.5. The molecule has 0 atom stereocenters. The van der Waals surface area contributed by atoms with E-state index in [1.807, 2.05) is 30.5 Å². The maximum absolute atomic E-state index is 5.63. The molecular weight excluding hydrogens is 314 g/mol. The molecule has 3 rings (SSSR count). The van der Waals surface area contributed by atoms with Crippen LogP contribution in [-0.4, -0.2) is 38.7 Å². The predicted molar refractivity (Wildman–Crippen MR) is 97.4 cm³/mol. The molecule has 0 aliphatic carbocycles. The second kappa shape index (κ2) is 8.39. The van der Waals surface area contributed by atoms with Crippen molar-refractivity contribution in [2.45, 2.75) is 26.3 Å². The number of nitrogens with one attached hydrogen (secondary N) is 1. The molecule has 3 aromatic rings. The van der Waals surface area contributed by atoms with Gasteiger partial charge in [0.2, 0.25) is 0 Å². The topological polar surface area (TPSA) is 66.9 Å². The van der Waals surface area contributed by atoms with E-state index in [0.29, 0.717) is 11.8 Å². The van der Waals surface area contributed by atoms with E-state index in [0.717, 1.165) is 24.3 Å². The van der Waals surface area contributed by atoms with Gasteiger partial charge in [-0.25, -0.2) is 9.97 Å². The zero-order chi connectivity index (χ0) is 17.5. The molecule has 0 bridgehead atoms. The van der Waals surface area contributed by atoms with Crippen LogP contribution in [0.2, 0.25) is 0 Å². The average Bonchev–Trinajstić information content (AvgIpc) is 3.09. The summed E-state index contributed by atoms with van der Waals surface area (Å²) in [5, 5.41) is 7.33. The normalized spacial score (nSPS) is 11.0. The molecule has 0 saturated heterocycles. The zero-order valence-electron chi connectivity index (χ0n) is 14.6. The molecule has 0 aliphatic heterocycles. The van der Waals surface area contributed by atoms with Crippen LogP contribution in [0.5, 0.6) is 11.8 Å². The Balaban J connectivity index is 1.69. The molecule has 1 aromatic carbocycles. The summed E-state index contributed by atoms with van der Waals surface area (Å²) in [4.78, 5) is 10.4. The van der Waals surface area contributed by atoms with Crippen LogP contribution in [0.25, 0.3) is 11.3 Å². The van der Waals surface area contributed by atoms with E-state index in [2.05, 4.69) is 39.0 Å². The van der Waals surface area contributed by atoms with Crippen molar-refractivity contribution < 1.29 is 4.74 Å². The third kappa shape index (κ3) is 4.64. The van der Waals surface area contributed by atoms with Gasteiger partial charge in [0.15, 0.2) is 0 Å². The van der Waals surface area contributed by atoms with Crippen LogP contribution in [0.3, 0.4) is 0 Å². The van der Waals surface area contributed by atoms with E-state index < -0.39 is 0 Å². The lowest BCUT2D eigenvalue weighted by Gasteiger charge is -2.16. The fraction of sp³-hybridized carbons (Fsp3) is 0.316. The van der Waals surface area contributed by atoms with Crippen LogP contribution >= 0.6 is 0 Å². The van der Waals surface area contributed by atoms with Gasteiger partial charge in [0.1, 0.15) is 5.75 Å². The van der Waals surface area contributed by atoms with Crippen molar-refractivity contribution >= 4 is 0 Å². The van der Waals surface area contributed by atoms with Crippen molar-refractivity contribution in [2.75, 3.05) is 13.6 Å². The van der Waals surface area contributed by atoms with Gasteiger partial charge in [0.25, 0.3) is 0 Å². The molecule has 0 spiro atoms. The first kappa shape index (κ1) is 17.1. The Kier molecular flexibility index (Phi) is 5.74. The Morgan fingerprint density at radius 1 is 1.12 bits per heavy atom. The van der Waals surface area contributed by atoms with Crippen molar-refractivity contribution in [1.29, 1.82) is 0 Å². The molecule has 0 unspecified atom stereocenters. The second-order valence-corrected chi connectivity index (χ2v) is 6.02. The Hall–Kier alpha value is -2.73. The molecule has 0 aliphatic rings. The number of ether oxygens (including phenoxy) is 1. The van der Waals surface area contributed by atoms with Gasteiger partial charge in [-0.1, -0.05) is 13.3 Å². The highest BCUT2D eigenvalue weighted by Crippen LogP contribution is 2.26. The molecule has 1 N–H and O–H groups in total. The first-order valence-corrected chi connectivity index (χ1v) is 8.52. The summed E-state index contributed by atoms with van der Waals surface area (Å²) >= 11 is 0. The van der Waals surface area contributed by atoms with Crippen LogP contribution < -0.4 is 4.74 Å². The first-order valence-electron chi connectivity index (χ1n) is 8.52. The fourth-order valence-corrected chi connectivity index (χ4v) is 2.61. The maximum atomic E-state index is 5.63. The van der Waals surface area contributed by atoms with Gasteiger partial charge in [-0.05, 0) is 50.3 Å². The van der Waals surface area contributed by atoms with E-state index in [1.165, 1.54) is 18.4 Å². The molecule has 130 valence electrons. The maximum Gasteiger partial charge on any atom is 0.321 e. The number of aromatic nitrogens is 4. The first-order chi connectivity index (χ1) is 12.3. The minimum absolute atomic E-state index is 0.343. The van der Waals surface area contributed by atoms with E-state index in [-0.39, 0.29) is 0 Å². The quantitative estimate of drug-likeness (QED) is 0.675. The summed E-state index contributed by atoms with van der Waals surface area (Å²) < 4.78 is 5.63. The summed E-state index contributed by atoms with van der Waals surface area (Å²) in [5.74, 6) is 0.705. The molecule has 6 heteroatoms. The number of rotatable bonds is 8. The van der Waals surface area contributed by atoms with Gasteiger partial charge >= 0.3 is 6.01 Å². The van der Waals surface area contributed by atoms with Crippen molar-refractivity contribution in [3.8, 4) is 23.0 Å². The predicted octanol–water partition coefficient (Wildman–Crippen LogP) is 3.89. The van der Waals surface area contributed by atoms with Gasteiger partial charge in [-0.3, -0.25) is 5.10 Å². The molecule has 0 saturated carbocycles. The van der Waals surface area contributed by atoms with E-state index in [9.17, 15) is 0 Å². The number of unbranched alkanes of at least 4 members (excludes halogenated alkanes) is 1. The number of aromatic amines is 1. The van der Waals surface area contributed by atoms with Crippen molar-refractivity contribution in [3.05, 3.63) is 54.5 Å². The van der Waals surface area contributed by atoms with Crippen LogP contribution in [0, 0.1) is 0 Å². The number of nitrogens with zero attached hydrogens (tertiary/aromatic N) is 4. The minimum Gasteiger partial charge on any atom is -0.424 e. The van der Waals surface area contributed by atoms with Gasteiger partial charge in [0, 0.05) is 30.1 Å². The van der Waals surface area contributed by atoms with Gasteiger partial charge in [-0.2, -0.15) is 5.10 Å². The number of H-pyrrole nitrogens is 1. The van der Waals surface area contributed by atoms with Crippen LogP contribution in [0.4, 0.5) is 0 Å². The SMILES string of the molecule is CCCCN(C)Cc1cn[nH]c1-c1ccc(Oc2ncccn2)cc1. The number of benzene rings is 1. The second-order valence-electron chi connectivity index (χ2n) is 6.02. The third-order valence-electron chi connectivity index (χ3n) is 3.95. The highest BCUT2D eigenvalue weighted by molar-refractivity contribution is 5.63. The lowest BCUT2D eigenvalue weighted by atomic mass is 10.1. The highest BCUT2D eigenvalue weighted by Gasteiger charge is 2.10. The molecule has 25 heavy (non-hydrogen) atoms. The van der Waals surface area contributed by atoms with Crippen LogP contribution in [0.15, 0.2) is 48.9 Å². The standard InChI is InChI=1S/C19H23N5O/c1-3-4-12-24(2)14-16-13-22-23-18(16)15-6-8-17(9-7-15)25-19-20-10-5-11-21-19/h5-11,13H,3-4,12,14H2,1-2H3,(H,22,23). The summed E-state index contributed by atoms with van der Waals surface area (Å²) in [7, 11) is 2.14. The van der Waals surface area contributed by atoms with Crippen LogP contribution in [0.1, 0.15) is 25.3 Å². The number of hydrogen-bond donors (Lipinski definition) is 1. The smallest absolute Gasteiger partial charge is 0.321 e. The largest absolute Gasteiger partial charge is 0.424 e.